The minimum Gasteiger partial charge on any atom is -0.480 e. The Morgan fingerprint density at radius 2 is 2.24 bits per heavy atom. The molecule has 94 valence electrons. The van der Waals surface area contributed by atoms with Crippen LogP contribution in [0.4, 0.5) is 4.79 Å². The lowest BCUT2D eigenvalue weighted by Gasteiger charge is -2.12. The van der Waals surface area contributed by atoms with Crippen molar-refractivity contribution in [1.82, 2.24) is 10.6 Å². The second-order valence-corrected chi connectivity index (χ2v) is 4.34. The number of hydrogen-bond acceptors (Lipinski definition) is 4. The Morgan fingerprint density at radius 3 is 2.76 bits per heavy atom. The minimum absolute atomic E-state index is 0.421. The first kappa shape index (κ1) is 13.5. The van der Waals surface area contributed by atoms with E-state index in [1.54, 1.807) is 11.3 Å². The number of aliphatic hydroxyl groups excluding tert-OH is 1. The molecule has 7 heteroatoms. The summed E-state index contributed by atoms with van der Waals surface area (Å²) in [6.07, 6.45) is 0.696. The molecule has 4 N–H and O–H groups in total. The summed E-state index contributed by atoms with van der Waals surface area (Å²) in [5, 5.41) is 23.9. The van der Waals surface area contributed by atoms with Crippen LogP contribution in [-0.4, -0.2) is 41.4 Å². The zero-order valence-electron chi connectivity index (χ0n) is 9.05. The van der Waals surface area contributed by atoms with Crippen LogP contribution in [0.15, 0.2) is 17.5 Å². The molecule has 0 saturated heterocycles. The Hall–Kier alpha value is -1.60. The van der Waals surface area contributed by atoms with Crippen molar-refractivity contribution in [2.45, 2.75) is 12.5 Å². The number of carboxylic acid groups (broad SMARTS) is 1. The number of carbonyl (C=O) groups is 2. The van der Waals surface area contributed by atoms with Crippen molar-refractivity contribution in [3.63, 3.8) is 0 Å². The van der Waals surface area contributed by atoms with Crippen LogP contribution in [0.3, 0.4) is 0 Å². The number of thiophene rings is 1. The van der Waals surface area contributed by atoms with Gasteiger partial charge in [0.25, 0.3) is 0 Å². The summed E-state index contributed by atoms with van der Waals surface area (Å²) in [7, 11) is 0. The van der Waals surface area contributed by atoms with Gasteiger partial charge in [-0.3, -0.25) is 0 Å². The quantitative estimate of drug-likeness (QED) is 0.579. The summed E-state index contributed by atoms with van der Waals surface area (Å²) in [5.41, 5.74) is 0. The fourth-order valence-corrected chi connectivity index (χ4v) is 1.86. The summed E-state index contributed by atoms with van der Waals surface area (Å²) in [6.45, 7) is -0.211. The molecular formula is C10H14N2O4S. The minimum atomic E-state index is -1.27. The first-order chi connectivity index (χ1) is 8.13. The van der Waals surface area contributed by atoms with E-state index >= 15 is 0 Å². The number of aliphatic carboxylic acids is 1. The largest absolute Gasteiger partial charge is 0.480 e. The Bertz CT molecular complexity index is 366. The van der Waals surface area contributed by atoms with E-state index in [4.69, 9.17) is 10.2 Å². The molecule has 0 fully saturated rings. The van der Waals surface area contributed by atoms with Gasteiger partial charge in [-0.1, -0.05) is 6.07 Å². The molecule has 0 aliphatic heterocycles. The van der Waals surface area contributed by atoms with Crippen molar-refractivity contribution in [2.75, 3.05) is 13.2 Å². The lowest BCUT2D eigenvalue weighted by molar-refractivity contribution is -0.140. The highest BCUT2D eigenvalue weighted by molar-refractivity contribution is 7.09. The zero-order chi connectivity index (χ0) is 12.7. The Balaban J connectivity index is 2.23. The molecule has 6 nitrogen and oxygen atoms in total. The van der Waals surface area contributed by atoms with Crippen LogP contribution in [0, 0.1) is 0 Å². The van der Waals surface area contributed by atoms with Gasteiger partial charge < -0.3 is 20.8 Å². The zero-order valence-corrected chi connectivity index (χ0v) is 9.87. The van der Waals surface area contributed by atoms with Crippen molar-refractivity contribution in [2.24, 2.45) is 0 Å². The van der Waals surface area contributed by atoms with Crippen molar-refractivity contribution < 1.29 is 19.8 Å². The number of carboxylic acids is 1. The summed E-state index contributed by atoms with van der Waals surface area (Å²) in [5.74, 6) is -1.26. The van der Waals surface area contributed by atoms with Gasteiger partial charge in [-0.2, -0.15) is 0 Å². The molecule has 0 aromatic carbocycles. The number of carbonyl (C=O) groups excluding carboxylic acids is 1. The fraction of sp³-hybridized carbons (Fsp3) is 0.400. The van der Waals surface area contributed by atoms with Crippen LogP contribution in [0.2, 0.25) is 0 Å². The van der Waals surface area contributed by atoms with Crippen LogP contribution in [-0.2, 0) is 11.2 Å². The van der Waals surface area contributed by atoms with E-state index in [1.165, 1.54) is 0 Å². The van der Waals surface area contributed by atoms with Crippen molar-refractivity contribution in [3.8, 4) is 0 Å². The maximum atomic E-state index is 11.3. The van der Waals surface area contributed by atoms with Gasteiger partial charge in [0, 0.05) is 11.4 Å². The predicted octanol–water partition coefficient (Wildman–Crippen LogP) is 0.0353. The summed E-state index contributed by atoms with van der Waals surface area (Å²) in [6, 6.07) is 2.02. The third-order valence-corrected chi connectivity index (χ3v) is 2.96. The van der Waals surface area contributed by atoms with Gasteiger partial charge in [0.1, 0.15) is 0 Å². The van der Waals surface area contributed by atoms with Gasteiger partial charge >= 0.3 is 12.0 Å². The highest BCUT2D eigenvalue weighted by atomic mass is 32.1. The Kier molecular flexibility index (Phi) is 5.44. The first-order valence-corrected chi connectivity index (χ1v) is 5.92. The van der Waals surface area contributed by atoms with Crippen molar-refractivity contribution in [3.05, 3.63) is 22.4 Å². The third-order valence-electron chi connectivity index (χ3n) is 2.02. The highest BCUT2D eigenvalue weighted by Gasteiger charge is 2.17. The molecule has 0 bridgehead atoms. The van der Waals surface area contributed by atoms with Gasteiger partial charge in [-0.25, -0.2) is 9.59 Å². The maximum absolute atomic E-state index is 11.3. The third kappa shape index (κ3) is 4.83. The van der Waals surface area contributed by atoms with Crippen LogP contribution < -0.4 is 10.6 Å². The van der Waals surface area contributed by atoms with Gasteiger partial charge in [0.2, 0.25) is 0 Å². The molecule has 1 aromatic heterocycles. The Labute approximate surface area is 102 Å². The van der Waals surface area contributed by atoms with Crippen molar-refractivity contribution >= 4 is 23.3 Å². The summed E-state index contributed by atoms with van der Waals surface area (Å²) >= 11 is 1.59. The molecule has 0 unspecified atom stereocenters. The topological polar surface area (TPSA) is 98.7 Å². The van der Waals surface area contributed by atoms with E-state index in [0.717, 1.165) is 4.88 Å². The molecular weight excluding hydrogens is 244 g/mol. The molecule has 0 spiro atoms. The monoisotopic (exact) mass is 258 g/mol. The average molecular weight is 258 g/mol. The van der Waals surface area contributed by atoms with E-state index in [9.17, 15) is 9.59 Å². The highest BCUT2D eigenvalue weighted by Crippen LogP contribution is 2.07. The SMILES string of the molecule is O=C(NCCc1cccs1)N[C@H](CO)C(=O)O. The number of rotatable bonds is 6. The van der Waals surface area contributed by atoms with Crippen molar-refractivity contribution in [1.29, 1.82) is 0 Å². The van der Waals surface area contributed by atoms with Crippen LogP contribution in [0.1, 0.15) is 4.88 Å². The van der Waals surface area contributed by atoms with Gasteiger partial charge in [0.15, 0.2) is 6.04 Å². The molecule has 1 heterocycles. The molecule has 1 atom stereocenters. The molecule has 1 aromatic rings. The number of amides is 2. The summed E-state index contributed by atoms with van der Waals surface area (Å²) < 4.78 is 0. The second kappa shape index (κ2) is 6.87. The standard InChI is InChI=1S/C10H14N2O4S/c13-6-8(9(14)15)12-10(16)11-4-3-7-2-1-5-17-7/h1-2,5,8,13H,3-4,6H2,(H,14,15)(H2,11,12,16)/t8-/m1/s1. The molecule has 0 saturated carbocycles. The van der Waals surface area contributed by atoms with Crippen LogP contribution >= 0.6 is 11.3 Å². The van der Waals surface area contributed by atoms with Gasteiger partial charge in [-0.15, -0.1) is 11.3 Å². The van der Waals surface area contributed by atoms with E-state index in [1.807, 2.05) is 17.5 Å². The van der Waals surface area contributed by atoms with E-state index in [0.29, 0.717) is 13.0 Å². The van der Waals surface area contributed by atoms with E-state index in [-0.39, 0.29) is 0 Å². The number of nitrogens with one attached hydrogen (secondary N) is 2. The van der Waals surface area contributed by atoms with Crippen LogP contribution in [0.5, 0.6) is 0 Å². The number of aliphatic hydroxyl groups is 1. The molecule has 2 amide bonds. The second-order valence-electron chi connectivity index (χ2n) is 3.30. The molecule has 0 aliphatic carbocycles. The Morgan fingerprint density at radius 1 is 1.47 bits per heavy atom. The lowest BCUT2D eigenvalue weighted by atomic mass is 10.3. The number of hydrogen-bond donors (Lipinski definition) is 4. The molecule has 17 heavy (non-hydrogen) atoms. The molecule has 1 rings (SSSR count). The lowest BCUT2D eigenvalue weighted by Crippen LogP contribution is -2.48. The molecule has 0 radical (unpaired) electrons. The summed E-state index contributed by atoms with van der Waals surface area (Å²) in [4.78, 5) is 22.9. The van der Waals surface area contributed by atoms with E-state index < -0.39 is 24.6 Å². The smallest absolute Gasteiger partial charge is 0.328 e. The predicted molar refractivity (Wildman–Crippen MR) is 63.1 cm³/mol. The van der Waals surface area contributed by atoms with Gasteiger partial charge in [0.05, 0.1) is 6.61 Å². The first-order valence-electron chi connectivity index (χ1n) is 5.04. The number of urea groups is 1. The average Bonchev–Trinajstić information content (AvgIpc) is 2.78. The van der Waals surface area contributed by atoms with E-state index in [2.05, 4.69) is 10.6 Å². The maximum Gasteiger partial charge on any atom is 0.328 e. The fourth-order valence-electron chi connectivity index (χ4n) is 1.15. The van der Waals surface area contributed by atoms with Gasteiger partial charge in [-0.05, 0) is 17.9 Å². The molecule has 0 aliphatic rings. The van der Waals surface area contributed by atoms with Crippen LogP contribution in [0.25, 0.3) is 0 Å². The normalized spacial score (nSPS) is 11.8.